The van der Waals surface area contributed by atoms with Crippen LogP contribution in [0, 0.1) is 5.92 Å². The number of carbonyl (C=O) groups excluding carboxylic acids is 1. The Morgan fingerprint density at radius 1 is 1.50 bits per heavy atom. The molecule has 98 valence electrons. The number of methoxy groups -OCH3 is 1. The van der Waals surface area contributed by atoms with Gasteiger partial charge in [-0.25, -0.2) is 4.79 Å². The lowest BCUT2D eigenvalue weighted by molar-refractivity contribution is 0.0600. The van der Waals surface area contributed by atoms with Crippen molar-refractivity contribution < 1.29 is 9.53 Å². The second-order valence-electron chi connectivity index (χ2n) is 5.35. The van der Waals surface area contributed by atoms with Crippen LogP contribution in [-0.2, 0) is 10.2 Å². The Kier molecular flexibility index (Phi) is 3.71. The zero-order chi connectivity index (χ0) is 13.2. The van der Waals surface area contributed by atoms with E-state index in [0.29, 0.717) is 11.5 Å². The summed E-state index contributed by atoms with van der Waals surface area (Å²) in [5, 5.41) is 3.42. The van der Waals surface area contributed by atoms with E-state index in [1.54, 1.807) is 0 Å². The van der Waals surface area contributed by atoms with Crippen LogP contribution in [0.25, 0.3) is 0 Å². The van der Waals surface area contributed by atoms with Gasteiger partial charge in [0.2, 0.25) is 0 Å². The minimum Gasteiger partial charge on any atom is -0.465 e. The van der Waals surface area contributed by atoms with Crippen molar-refractivity contribution in [1.82, 2.24) is 5.32 Å². The van der Waals surface area contributed by atoms with Crippen LogP contribution < -0.4 is 5.32 Å². The normalized spacial score (nSPS) is 27.8. The molecule has 1 N–H and O–H groups in total. The molecule has 0 saturated carbocycles. The molecule has 3 heteroatoms. The molecule has 3 nitrogen and oxygen atoms in total. The summed E-state index contributed by atoms with van der Waals surface area (Å²) in [7, 11) is 1.42. The molecule has 0 radical (unpaired) electrons. The molecule has 0 unspecified atom stereocenters. The van der Waals surface area contributed by atoms with Gasteiger partial charge in [-0.2, -0.15) is 0 Å². The molecule has 1 aromatic rings. The Morgan fingerprint density at radius 3 is 2.94 bits per heavy atom. The maximum absolute atomic E-state index is 11.6. The Balaban J connectivity index is 2.35. The van der Waals surface area contributed by atoms with E-state index in [9.17, 15) is 4.79 Å². The first-order valence-electron chi connectivity index (χ1n) is 6.47. The van der Waals surface area contributed by atoms with E-state index in [4.69, 9.17) is 4.74 Å². The van der Waals surface area contributed by atoms with Crippen LogP contribution in [0.15, 0.2) is 24.3 Å². The van der Waals surface area contributed by atoms with Gasteiger partial charge in [-0.05, 0) is 48.5 Å². The second-order valence-corrected chi connectivity index (χ2v) is 5.35. The minimum absolute atomic E-state index is 0.134. The SMILES string of the molecule is COC(=O)c1cccc([C@@]2(C)CCNC[C@@H]2C)c1. The summed E-state index contributed by atoms with van der Waals surface area (Å²) < 4.78 is 4.79. The standard InChI is InChI=1S/C15H21NO2/c1-11-10-16-8-7-15(11,2)13-6-4-5-12(9-13)14(17)18-3/h4-6,9,11,16H,7-8,10H2,1-3H3/t11-,15-/m0/s1. The summed E-state index contributed by atoms with van der Waals surface area (Å²) in [6.07, 6.45) is 1.10. The lowest BCUT2D eigenvalue weighted by Gasteiger charge is -2.40. The molecule has 2 rings (SSSR count). The summed E-state index contributed by atoms with van der Waals surface area (Å²) in [4.78, 5) is 11.6. The molecular weight excluding hydrogens is 226 g/mol. The van der Waals surface area contributed by atoms with Crippen molar-refractivity contribution in [1.29, 1.82) is 0 Å². The summed E-state index contributed by atoms with van der Waals surface area (Å²) in [6.45, 7) is 6.61. The first-order chi connectivity index (χ1) is 8.58. The molecule has 1 heterocycles. The lowest BCUT2D eigenvalue weighted by Crippen LogP contribution is -2.45. The summed E-state index contributed by atoms with van der Waals surface area (Å²) >= 11 is 0. The predicted molar refractivity (Wildman–Crippen MR) is 71.8 cm³/mol. The van der Waals surface area contributed by atoms with Crippen molar-refractivity contribution in [2.75, 3.05) is 20.2 Å². The Labute approximate surface area is 109 Å². The van der Waals surface area contributed by atoms with E-state index in [1.807, 2.05) is 18.2 Å². The number of benzene rings is 1. The monoisotopic (exact) mass is 247 g/mol. The van der Waals surface area contributed by atoms with E-state index >= 15 is 0 Å². The maximum atomic E-state index is 11.6. The van der Waals surface area contributed by atoms with Crippen LogP contribution in [0.3, 0.4) is 0 Å². The number of hydrogen-bond acceptors (Lipinski definition) is 3. The van der Waals surface area contributed by atoms with Crippen molar-refractivity contribution in [2.45, 2.75) is 25.7 Å². The van der Waals surface area contributed by atoms with E-state index in [1.165, 1.54) is 12.7 Å². The molecule has 0 amide bonds. The second kappa shape index (κ2) is 5.11. The van der Waals surface area contributed by atoms with Crippen LogP contribution in [0.1, 0.15) is 36.2 Å². The molecular formula is C15H21NO2. The highest BCUT2D eigenvalue weighted by atomic mass is 16.5. The fourth-order valence-corrected chi connectivity index (χ4v) is 2.69. The number of carbonyl (C=O) groups is 1. The molecule has 0 aromatic heterocycles. The van der Waals surface area contributed by atoms with E-state index in [2.05, 4.69) is 25.2 Å². The third-order valence-electron chi connectivity index (χ3n) is 4.30. The average molecular weight is 247 g/mol. The third-order valence-corrected chi connectivity index (χ3v) is 4.30. The molecule has 1 aromatic carbocycles. The van der Waals surface area contributed by atoms with E-state index < -0.39 is 0 Å². The van der Waals surface area contributed by atoms with Gasteiger partial charge < -0.3 is 10.1 Å². The van der Waals surface area contributed by atoms with Gasteiger partial charge in [0.05, 0.1) is 12.7 Å². The minimum atomic E-state index is -0.262. The zero-order valence-electron chi connectivity index (χ0n) is 11.3. The van der Waals surface area contributed by atoms with Crippen LogP contribution >= 0.6 is 0 Å². The van der Waals surface area contributed by atoms with Crippen molar-refractivity contribution in [3.8, 4) is 0 Å². The number of nitrogens with one attached hydrogen (secondary N) is 1. The summed E-state index contributed by atoms with van der Waals surface area (Å²) in [6, 6.07) is 7.86. The van der Waals surface area contributed by atoms with Crippen LogP contribution in [0.5, 0.6) is 0 Å². The highest BCUT2D eigenvalue weighted by Crippen LogP contribution is 2.37. The van der Waals surface area contributed by atoms with Gasteiger partial charge in [0, 0.05) is 0 Å². The highest BCUT2D eigenvalue weighted by Gasteiger charge is 2.35. The number of piperidine rings is 1. The van der Waals surface area contributed by atoms with Crippen LogP contribution in [-0.4, -0.2) is 26.2 Å². The molecule has 18 heavy (non-hydrogen) atoms. The van der Waals surface area contributed by atoms with Crippen molar-refractivity contribution in [3.05, 3.63) is 35.4 Å². The van der Waals surface area contributed by atoms with Crippen LogP contribution in [0.2, 0.25) is 0 Å². The number of esters is 1. The van der Waals surface area contributed by atoms with Gasteiger partial charge in [-0.15, -0.1) is 0 Å². The number of ether oxygens (including phenoxy) is 1. The first-order valence-corrected chi connectivity index (χ1v) is 6.47. The lowest BCUT2D eigenvalue weighted by atomic mass is 9.68. The highest BCUT2D eigenvalue weighted by molar-refractivity contribution is 5.89. The van der Waals surface area contributed by atoms with Gasteiger partial charge in [0.15, 0.2) is 0 Å². The smallest absolute Gasteiger partial charge is 0.337 e. The molecule has 1 fully saturated rings. The molecule has 0 aliphatic carbocycles. The molecule has 1 aliphatic rings. The summed E-state index contributed by atoms with van der Waals surface area (Å²) in [5.74, 6) is 0.293. The van der Waals surface area contributed by atoms with Gasteiger partial charge in [-0.1, -0.05) is 26.0 Å². The Hall–Kier alpha value is -1.35. The maximum Gasteiger partial charge on any atom is 0.337 e. The molecule has 2 atom stereocenters. The van der Waals surface area contributed by atoms with Crippen LogP contribution in [0.4, 0.5) is 0 Å². The van der Waals surface area contributed by atoms with Crippen molar-refractivity contribution >= 4 is 5.97 Å². The molecule has 1 aliphatic heterocycles. The quantitative estimate of drug-likeness (QED) is 0.815. The zero-order valence-corrected chi connectivity index (χ0v) is 11.3. The van der Waals surface area contributed by atoms with Gasteiger partial charge in [0.25, 0.3) is 0 Å². The fraction of sp³-hybridized carbons (Fsp3) is 0.533. The predicted octanol–water partition coefficient (Wildman–Crippen LogP) is 2.36. The van der Waals surface area contributed by atoms with E-state index in [-0.39, 0.29) is 11.4 Å². The topological polar surface area (TPSA) is 38.3 Å². The molecule has 0 spiro atoms. The molecule has 1 saturated heterocycles. The van der Waals surface area contributed by atoms with Gasteiger partial charge in [-0.3, -0.25) is 0 Å². The van der Waals surface area contributed by atoms with Crippen molar-refractivity contribution in [2.24, 2.45) is 5.92 Å². The number of rotatable bonds is 2. The fourth-order valence-electron chi connectivity index (χ4n) is 2.69. The Morgan fingerprint density at radius 2 is 2.28 bits per heavy atom. The van der Waals surface area contributed by atoms with Crippen molar-refractivity contribution in [3.63, 3.8) is 0 Å². The largest absolute Gasteiger partial charge is 0.465 e. The third kappa shape index (κ3) is 2.27. The number of hydrogen-bond donors (Lipinski definition) is 1. The first kappa shape index (κ1) is 13.1. The average Bonchev–Trinajstić information content (AvgIpc) is 2.41. The van der Waals surface area contributed by atoms with E-state index in [0.717, 1.165) is 19.5 Å². The summed E-state index contributed by atoms with van der Waals surface area (Å²) in [5.41, 5.74) is 2.01. The van der Waals surface area contributed by atoms with Gasteiger partial charge >= 0.3 is 5.97 Å². The Bertz CT molecular complexity index is 444. The van der Waals surface area contributed by atoms with Gasteiger partial charge in [0.1, 0.15) is 0 Å². The molecule has 0 bridgehead atoms.